The fourth-order valence-electron chi connectivity index (χ4n) is 3.04. The molecule has 1 unspecified atom stereocenters. The predicted molar refractivity (Wildman–Crippen MR) is 75.9 cm³/mol. The average Bonchev–Trinajstić information content (AvgIpc) is 2.38. The number of piperidine rings is 1. The molecule has 2 aliphatic heterocycles. The molecular weight excluding hydrogens is 224 g/mol. The van der Waals surface area contributed by atoms with Crippen molar-refractivity contribution in [3.8, 4) is 0 Å². The van der Waals surface area contributed by atoms with Crippen LogP contribution in [0.15, 0.2) is 0 Å². The molecule has 0 aromatic heterocycles. The highest BCUT2D eigenvalue weighted by atomic mass is 16.5. The fraction of sp³-hybridized carbons (Fsp3) is 1.00. The van der Waals surface area contributed by atoms with Crippen molar-refractivity contribution in [2.24, 2.45) is 5.92 Å². The van der Waals surface area contributed by atoms with E-state index in [4.69, 9.17) is 4.74 Å². The first-order chi connectivity index (χ1) is 8.75. The molecule has 0 aromatic rings. The number of hydrogen-bond acceptors (Lipinski definition) is 3. The van der Waals surface area contributed by atoms with E-state index >= 15 is 0 Å². The van der Waals surface area contributed by atoms with Gasteiger partial charge in [-0.3, -0.25) is 9.80 Å². The Kier molecular flexibility index (Phi) is 5.93. The predicted octanol–water partition coefficient (Wildman–Crippen LogP) is 2.22. The number of fused-ring (bicyclic) bond motifs is 1. The molecule has 2 aliphatic rings. The molecule has 2 saturated heterocycles. The van der Waals surface area contributed by atoms with Crippen molar-refractivity contribution in [2.45, 2.75) is 45.6 Å². The molecule has 0 aliphatic carbocycles. The van der Waals surface area contributed by atoms with E-state index in [0.29, 0.717) is 0 Å². The first-order valence-electron chi connectivity index (χ1n) is 7.80. The van der Waals surface area contributed by atoms with Gasteiger partial charge < -0.3 is 4.74 Å². The van der Waals surface area contributed by atoms with Gasteiger partial charge >= 0.3 is 0 Å². The minimum absolute atomic E-state index is 0.760. The number of hydrogen-bond donors (Lipinski definition) is 0. The highest BCUT2D eigenvalue weighted by molar-refractivity contribution is 4.84. The molecule has 0 saturated carbocycles. The van der Waals surface area contributed by atoms with Crippen LogP contribution in [0.2, 0.25) is 0 Å². The number of ether oxygens (including phenoxy) is 1. The van der Waals surface area contributed by atoms with E-state index in [1.165, 1.54) is 51.9 Å². The van der Waals surface area contributed by atoms with E-state index in [-0.39, 0.29) is 0 Å². The molecule has 0 N–H and O–H groups in total. The van der Waals surface area contributed by atoms with Gasteiger partial charge in [0, 0.05) is 38.8 Å². The molecule has 106 valence electrons. The maximum absolute atomic E-state index is 5.73. The maximum Gasteiger partial charge on any atom is 0.0593 e. The second-order valence-corrected chi connectivity index (χ2v) is 6.28. The van der Waals surface area contributed by atoms with Crippen LogP contribution in [-0.2, 0) is 4.74 Å². The maximum atomic E-state index is 5.73. The lowest BCUT2D eigenvalue weighted by molar-refractivity contribution is 0.0282. The summed E-state index contributed by atoms with van der Waals surface area (Å²) in [6, 6.07) is 0.836. The lowest BCUT2D eigenvalue weighted by Crippen LogP contribution is -2.55. The summed E-state index contributed by atoms with van der Waals surface area (Å²) in [5, 5.41) is 0. The molecule has 0 amide bonds. The Balaban J connectivity index is 1.57. The van der Waals surface area contributed by atoms with Crippen molar-refractivity contribution < 1.29 is 4.74 Å². The van der Waals surface area contributed by atoms with E-state index in [9.17, 15) is 0 Å². The molecule has 1 atom stereocenters. The smallest absolute Gasteiger partial charge is 0.0593 e. The lowest BCUT2D eigenvalue weighted by atomic mass is 9.99. The third kappa shape index (κ3) is 4.52. The summed E-state index contributed by atoms with van der Waals surface area (Å²) in [7, 11) is 0. The summed E-state index contributed by atoms with van der Waals surface area (Å²) in [5.74, 6) is 0.760. The van der Waals surface area contributed by atoms with Gasteiger partial charge in [0.25, 0.3) is 0 Å². The molecule has 2 fully saturated rings. The molecule has 3 heteroatoms. The quantitative estimate of drug-likeness (QED) is 0.676. The summed E-state index contributed by atoms with van der Waals surface area (Å²) in [6.45, 7) is 12.6. The van der Waals surface area contributed by atoms with Gasteiger partial charge in [-0.15, -0.1) is 0 Å². The van der Waals surface area contributed by atoms with E-state index in [1.807, 2.05) is 0 Å². The normalized spacial score (nSPS) is 26.5. The Hall–Kier alpha value is -0.120. The standard InChI is InChI=1S/C15H30N2O/c1-14(2)6-11-18-12-10-16-8-9-17-7-4-3-5-15(17)13-16/h14-15H,3-13H2,1-2H3. The number of rotatable bonds is 6. The molecule has 2 rings (SSSR count). The second kappa shape index (κ2) is 7.46. The van der Waals surface area contributed by atoms with Crippen LogP contribution in [0.1, 0.15) is 39.5 Å². The van der Waals surface area contributed by atoms with Crippen molar-refractivity contribution in [3.63, 3.8) is 0 Å². The van der Waals surface area contributed by atoms with Gasteiger partial charge in [0.15, 0.2) is 0 Å². The van der Waals surface area contributed by atoms with Crippen LogP contribution in [0.5, 0.6) is 0 Å². The Morgan fingerprint density at radius 1 is 1.11 bits per heavy atom. The van der Waals surface area contributed by atoms with Crippen molar-refractivity contribution in [1.82, 2.24) is 9.80 Å². The van der Waals surface area contributed by atoms with Crippen LogP contribution >= 0.6 is 0 Å². The Morgan fingerprint density at radius 2 is 2.00 bits per heavy atom. The average molecular weight is 254 g/mol. The van der Waals surface area contributed by atoms with Crippen molar-refractivity contribution in [2.75, 3.05) is 45.9 Å². The lowest BCUT2D eigenvalue weighted by Gasteiger charge is -2.44. The van der Waals surface area contributed by atoms with Crippen molar-refractivity contribution in [1.29, 1.82) is 0 Å². The van der Waals surface area contributed by atoms with Gasteiger partial charge in [0.05, 0.1) is 6.61 Å². The molecule has 0 spiro atoms. The molecule has 0 radical (unpaired) electrons. The van der Waals surface area contributed by atoms with Gasteiger partial charge in [-0.05, 0) is 31.7 Å². The van der Waals surface area contributed by atoms with Crippen LogP contribution < -0.4 is 0 Å². The van der Waals surface area contributed by atoms with Gasteiger partial charge in [-0.2, -0.15) is 0 Å². The van der Waals surface area contributed by atoms with E-state index in [2.05, 4.69) is 23.6 Å². The molecule has 0 aromatic carbocycles. The van der Waals surface area contributed by atoms with Crippen molar-refractivity contribution in [3.05, 3.63) is 0 Å². The fourth-order valence-corrected chi connectivity index (χ4v) is 3.04. The minimum atomic E-state index is 0.760. The van der Waals surface area contributed by atoms with Crippen LogP contribution in [0.3, 0.4) is 0 Å². The molecular formula is C15H30N2O. The third-order valence-corrected chi connectivity index (χ3v) is 4.31. The van der Waals surface area contributed by atoms with E-state index < -0.39 is 0 Å². The minimum Gasteiger partial charge on any atom is -0.380 e. The molecule has 3 nitrogen and oxygen atoms in total. The SMILES string of the molecule is CC(C)CCOCCN1CCN2CCCCC2C1. The summed E-state index contributed by atoms with van der Waals surface area (Å²) in [5.41, 5.74) is 0. The Bertz CT molecular complexity index is 233. The highest BCUT2D eigenvalue weighted by Crippen LogP contribution is 2.20. The van der Waals surface area contributed by atoms with Crippen LogP contribution in [0, 0.1) is 5.92 Å². The second-order valence-electron chi connectivity index (χ2n) is 6.28. The zero-order valence-electron chi connectivity index (χ0n) is 12.2. The molecule has 18 heavy (non-hydrogen) atoms. The zero-order valence-corrected chi connectivity index (χ0v) is 12.2. The highest BCUT2D eigenvalue weighted by Gasteiger charge is 2.28. The van der Waals surface area contributed by atoms with E-state index in [1.54, 1.807) is 0 Å². The first kappa shape index (κ1) is 14.3. The molecule has 0 bridgehead atoms. The summed E-state index contributed by atoms with van der Waals surface area (Å²) < 4.78 is 5.73. The van der Waals surface area contributed by atoms with Gasteiger partial charge in [-0.1, -0.05) is 20.3 Å². The summed E-state index contributed by atoms with van der Waals surface area (Å²) >= 11 is 0. The Morgan fingerprint density at radius 3 is 2.83 bits per heavy atom. The van der Waals surface area contributed by atoms with Crippen LogP contribution in [0.25, 0.3) is 0 Å². The largest absolute Gasteiger partial charge is 0.380 e. The summed E-state index contributed by atoms with van der Waals surface area (Å²) in [6.07, 6.45) is 5.44. The topological polar surface area (TPSA) is 15.7 Å². The molecule has 2 heterocycles. The van der Waals surface area contributed by atoms with Gasteiger partial charge in [-0.25, -0.2) is 0 Å². The summed E-state index contributed by atoms with van der Waals surface area (Å²) in [4.78, 5) is 5.29. The van der Waals surface area contributed by atoms with Gasteiger partial charge in [0.1, 0.15) is 0 Å². The van der Waals surface area contributed by atoms with Crippen LogP contribution in [-0.4, -0.2) is 61.8 Å². The van der Waals surface area contributed by atoms with Gasteiger partial charge in [0.2, 0.25) is 0 Å². The Labute approximate surface area is 112 Å². The third-order valence-electron chi connectivity index (χ3n) is 4.31. The van der Waals surface area contributed by atoms with Crippen LogP contribution in [0.4, 0.5) is 0 Å². The number of nitrogens with zero attached hydrogens (tertiary/aromatic N) is 2. The first-order valence-corrected chi connectivity index (χ1v) is 7.80. The monoisotopic (exact) mass is 254 g/mol. The van der Waals surface area contributed by atoms with E-state index in [0.717, 1.165) is 31.7 Å². The zero-order chi connectivity index (χ0) is 12.8. The van der Waals surface area contributed by atoms with Crippen molar-refractivity contribution >= 4 is 0 Å². The number of piperazine rings is 1.